The second-order valence-corrected chi connectivity index (χ2v) is 12.1. The number of ether oxygens (including phenoxy) is 1. The largest absolute Gasteiger partial charge is 0.504 e. The predicted molar refractivity (Wildman–Crippen MR) is 140 cm³/mol. The van der Waals surface area contributed by atoms with Gasteiger partial charge in [0.2, 0.25) is 0 Å². The first kappa shape index (κ1) is 25.7. The summed E-state index contributed by atoms with van der Waals surface area (Å²) in [4.78, 5) is 17.2. The Labute approximate surface area is 230 Å². The fraction of sp³-hybridized carbons (Fsp3) is 0.516. The highest BCUT2D eigenvalue weighted by Crippen LogP contribution is 2.66. The number of carbonyl (C=O) groups excluding carboxylic acids is 1. The molecule has 2 aromatic rings. The van der Waals surface area contributed by atoms with E-state index in [9.17, 15) is 28.2 Å². The number of phenolic OH excluding ortho intramolecular Hbond substituents is 1. The summed E-state index contributed by atoms with van der Waals surface area (Å²) in [5.74, 6) is 5.68. The molecule has 2 aromatic carbocycles. The van der Waals surface area contributed by atoms with E-state index in [1.807, 2.05) is 6.07 Å². The number of alkyl halides is 3. The molecule has 2 heterocycles. The predicted octanol–water partition coefficient (Wildman–Crippen LogP) is 3.85. The zero-order chi connectivity index (χ0) is 28.0. The number of carbonyl (C=O) groups is 1. The molecule has 1 saturated heterocycles. The lowest BCUT2D eigenvalue weighted by Crippen LogP contribution is -2.78. The molecule has 40 heavy (non-hydrogen) atoms. The van der Waals surface area contributed by atoms with Crippen LogP contribution in [0.3, 0.4) is 0 Å². The Kier molecular flexibility index (Phi) is 5.56. The van der Waals surface area contributed by atoms with Gasteiger partial charge in [0.25, 0.3) is 5.91 Å². The fourth-order valence-electron chi connectivity index (χ4n) is 7.99. The van der Waals surface area contributed by atoms with Gasteiger partial charge >= 0.3 is 6.18 Å². The van der Waals surface area contributed by atoms with Crippen molar-refractivity contribution >= 4 is 5.91 Å². The van der Waals surface area contributed by atoms with Crippen LogP contribution in [0, 0.1) is 17.8 Å². The van der Waals surface area contributed by atoms with Gasteiger partial charge in [-0.15, -0.1) is 0 Å². The van der Waals surface area contributed by atoms with E-state index in [2.05, 4.69) is 16.7 Å². The van der Waals surface area contributed by atoms with Gasteiger partial charge in [0.1, 0.15) is 6.10 Å². The number of likely N-dealkylation sites (tertiary alicyclic amines) is 1. The first-order valence-corrected chi connectivity index (χ1v) is 14.0. The standard InChI is InChI=1S/C31H31F3N2O4/c1-35(25(38)10-7-18-3-2-4-21(15-18)31(32,33)34)22-11-12-30(39)24-16-20-8-9-23(37)27-26(20)29(30,28(22)40-27)13-14-36(24)17-19-5-6-19/h2-4,8-9,15,19,22,24,28,37,39H,5-6,11-14,16-17H2,1H3/t22?,24-,28?,29-,30?/m0/s1. The molecule has 3 fully saturated rings. The van der Waals surface area contributed by atoms with Gasteiger partial charge in [-0.3, -0.25) is 9.69 Å². The minimum absolute atomic E-state index is 0.0285. The third-order valence-electron chi connectivity index (χ3n) is 10.1. The van der Waals surface area contributed by atoms with Crippen LogP contribution in [0.1, 0.15) is 54.4 Å². The van der Waals surface area contributed by atoms with Crippen molar-refractivity contribution < 1.29 is 32.9 Å². The van der Waals surface area contributed by atoms with Gasteiger partial charge in [-0.2, -0.15) is 13.2 Å². The molecular formula is C31H31F3N2O4. The van der Waals surface area contributed by atoms with Crippen LogP contribution < -0.4 is 4.74 Å². The number of amides is 1. The molecule has 2 aliphatic heterocycles. The molecule has 5 aliphatic rings. The number of halogens is 3. The van der Waals surface area contributed by atoms with Crippen LogP contribution >= 0.6 is 0 Å². The van der Waals surface area contributed by atoms with Gasteiger partial charge in [-0.05, 0) is 80.8 Å². The zero-order valence-electron chi connectivity index (χ0n) is 22.2. The maximum atomic E-state index is 13.3. The molecule has 3 unspecified atom stereocenters. The highest BCUT2D eigenvalue weighted by molar-refractivity contribution is 5.94. The second-order valence-electron chi connectivity index (χ2n) is 12.1. The minimum atomic E-state index is -4.50. The van der Waals surface area contributed by atoms with E-state index in [-0.39, 0.29) is 17.4 Å². The number of aromatic hydroxyl groups is 1. The zero-order valence-corrected chi connectivity index (χ0v) is 22.2. The minimum Gasteiger partial charge on any atom is -0.504 e. The van der Waals surface area contributed by atoms with E-state index in [0.29, 0.717) is 37.4 Å². The Morgan fingerprint density at radius 1 is 1.20 bits per heavy atom. The van der Waals surface area contributed by atoms with Crippen LogP contribution in [-0.2, 0) is 22.8 Å². The first-order chi connectivity index (χ1) is 19.0. The van der Waals surface area contributed by atoms with Crippen LogP contribution in [0.2, 0.25) is 0 Å². The van der Waals surface area contributed by atoms with Crippen LogP contribution in [0.5, 0.6) is 11.5 Å². The lowest BCUT2D eigenvalue weighted by molar-refractivity contribution is -0.199. The summed E-state index contributed by atoms with van der Waals surface area (Å²) in [5, 5.41) is 23.4. The second kappa shape index (κ2) is 8.64. The summed E-state index contributed by atoms with van der Waals surface area (Å²) in [6.07, 6.45) is -0.343. The lowest BCUT2D eigenvalue weighted by atomic mass is 9.48. The van der Waals surface area contributed by atoms with Crippen molar-refractivity contribution in [2.45, 2.75) is 73.9 Å². The van der Waals surface area contributed by atoms with Crippen LogP contribution in [0.15, 0.2) is 36.4 Å². The maximum Gasteiger partial charge on any atom is 0.416 e. The number of hydrogen-bond acceptors (Lipinski definition) is 5. The SMILES string of the molecule is CN(C(=O)C#Cc1cccc(C(F)(F)F)c1)C1CCC2(O)[C@@H]3Cc4ccc(O)c5c4[C@@]2(CCN3CC2CC2)C1O5. The molecule has 0 aromatic heterocycles. The van der Waals surface area contributed by atoms with Crippen molar-refractivity contribution in [2.24, 2.45) is 5.92 Å². The molecule has 210 valence electrons. The number of piperidine rings is 1. The van der Waals surface area contributed by atoms with Crippen molar-refractivity contribution in [1.82, 2.24) is 9.80 Å². The summed E-state index contributed by atoms with van der Waals surface area (Å²) >= 11 is 0. The molecule has 1 amide bonds. The quantitative estimate of drug-likeness (QED) is 0.566. The first-order valence-electron chi connectivity index (χ1n) is 14.0. The smallest absolute Gasteiger partial charge is 0.416 e. The van der Waals surface area contributed by atoms with E-state index in [0.717, 1.165) is 36.3 Å². The topological polar surface area (TPSA) is 73.2 Å². The highest BCUT2D eigenvalue weighted by Gasteiger charge is 2.73. The summed E-state index contributed by atoms with van der Waals surface area (Å²) < 4.78 is 45.8. The molecule has 1 spiro atoms. The van der Waals surface area contributed by atoms with Gasteiger partial charge in [0, 0.05) is 36.7 Å². The summed E-state index contributed by atoms with van der Waals surface area (Å²) in [7, 11) is 1.63. The number of rotatable bonds is 3. The Hall–Kier alpha value is -3.22. The van der Waals surface area contributed by atoms with E-state index < -0.39 is 40.8 Å². The van der Waals surface area contributed by atoms with Gasteiger partial charge < -0.3 is 19.8 Å². The third-order valence-corrected chi connectivity index (χ3v) is 10.1. The monoisotopic (exact) mass is 552 g/mol. The number of phenols is 1. The molecule has 9 heteroatoms. The average molecular weight is 553 g/mol. The maximum absolute atomic E-state index is 13.3. The Morgan fingerprint density at radius 3 is 2.75 bits per heavy atom. The summed E-state index contributed by atoms with van der Waals surface area (Å²) in [5.41, 5.74) is -0.608. The van der Waals surface area contributed by atoms with Crippen LogP contribution in [0.4, 0.5) is 13.2 Å². The molecule has 5 atom stereocenters. The van der Waals surface area contributed by atoms with Crippen LogP contribution in [-0.4, -0.2) is 69.8 Å². The summed E-state index contributed by atoms with van der Waals surface area (Å²) in [6.45, 7) is 1.78. The fourth-order valence-corrected chi connectivity index (χ4v) is 7.99. The molecule has 2 saturated carbocycles. The molecule has 3 aliphatic carbocycles. The molecular weight excluding hydrogens is 521 g/mol. The Morgan fingerprint density at radius 2 is 2.00 bits per heavy atom. The third kappa shape index (κ3) is 3.61. The van der Waals surface area contributed by atoms with Crippen LogP contribution in [0.25, 0.3) is 0 Å². The van der Waals surface area contributed by atoms with Gasteiger partial charge in [-0.25, -0.2) is 0 Å². The molecule has 7 rings (SSSR count). The summed E-state index contributed by atoms with van der Waals surface area (Å²) in [6, 6.07) is 7.69. The van der Waals surface area contributed by atoms with E-state index >= 15 is 0 Å². The number of benzene rings is 2. The lowest BCUT2D eigenvalue weighted by Gasteiger charge is -2.64. The Bertz CT molecular complexity index is 1460. The number of hydrogen-bond donors (Lipinski definition) is 2. The van der Waals surface area contributed by atoms with Crippen molar-refractivity contribution in [3.8, 4) is 23.3 Å². The van der Waals surface area contributed by atoms with E-state index in [1.54, 1.807) is 13.1 Å². The molecule has 2 N–H and O–H groups in total. The van der Waals surface area contributed by atoms with Crippen molar-refractivity contribution in [1.29, 1.82) is 0 Å². The average Bonchev–Trinajstić information content (AvgIpc) is 3.66. The molecule has 6 nitrogen and oxygen atoms in total. The normalized spacial score (nSPS) is 32.0. The van der Waals surface area contributed by atoms with E-state index in [1.165, 1.54) is 29.9 Å². The highest BCUT2D eigenvalue weighted by atomic mass is 19.4. The van der Waals surface area contributed by atoms with Gasteiger partial charge in [-0.1, -0.05) is 18.1 Å². The Balaban J connectivity index is 1.22. The number of aliphatic hydroxyl groups is 1. The number of nitrogens with zero attached hydrogens (tertiary/aromatic N) is 2. The van der Waals surface area contributed by atoms with Crippen molar-refractivity contribution in [3.63, 3.8) is 0 Å². The van der Waals surface area contributed by atoms with Gasteiger partial charge in [0.05, 0.1) is 22.6 Å². The molecule has 0 radical (unpaired) electrons. The molecule has 2 bridgehead atoms. The number of likely N-dealkylation sites (N-methyl/N-ethyl adjacent to an activating group) is 1. The van der Waals surface area contributed by atoms with Gasteiger partial charge in [0.15, 0.2) is 11.5 Å². The van der Waals surface area contributed by atoms with E-state index in [4.69, 9.17) is 4.74 Å². The van der Waals surface area contributed by atoms with Crippen molar-refractivity contribution in [2.75, 3.05) is 20.1 Å². The van der Waals surface area contributed by atoms with Crippen molar-refractivity contribution in [3.05, 3.63) is 58.7 Å².